The lowest BCUT2D eigenvalue weighted by molar-refractivity contribution is 0.437. The molecule has 0 fully saturated rings. The van der Waals surface area contributed by atoms with Crippen molar-refractivity contribution in [2.75, 3.05) is 0 Å². The van der Waals surface area contributed by atoms with Gasteiger partial charge in [-0.15, -0.1) is 0 Å². The second-order valence-electron chi connectivity index (χ2n) is 5.74. The Morgan fingerprint density at radius 3 is 2.58 bits per heavy atom. The van der Waals surface area contributed by atoms with E-state index in [1.807, 2.05) is 22.9 Å². The normalized spacial score (nSPS) is 12.1. The van der Waals surface area contributed by atoms with Crippen LogP contribution in [0, 0.1) is 11.6 Å². The first-order chi connectivity index (χ1) is 11.6. The molecule has 0 bridgehead atoms. The maximum absolute atomic E-state index is 13.6. The van der Waals surface area contributed by atoms with Crippen LogP contribution in [0.5, 0.6) is 11.5 Å². The molecule has 0 saturated heterocycles. The van der Waals surface area contributed by atoms with Crippen LogP contribution < -0.4 is 4.74 Å². The van der Waals surface area contributed by atoms with E-state index in [0.29, 0.717) is 11.7 Å². The Bertz CT molecular complexity index is 786. The molecule has 0 radical (unpaired) electrons. The zero-order valence-electron chi connectivity index (χ0n) is 13.3. The summed E-state index contributed by atoms with van der Waals surface area (Å²) in [6.45, 7) is 3.06. The molecule has 0 aliphatic heterocycles. The van der Waals surface area contributed by atoms with E-state index in [2.05, 4.69) is 11.9 Å². The lowest BCUT2D eigenvalue weighted by atomic mass is 9.98. The van der Waals surface area contributed by atoms with E-state index in [4.69, 9.17) is 4.74 Å². The van der Waals surface area contributed by atoms with Crippen LogP contribution in [0.3, 0.4) is 0 Å². The zero-order valence-corrected chi connectivity index (χ0v) is 13.3. The molecule has 2 aromatic carbocycles. The Labute approximate surface area is 139 Å². The molecule has 0 amide bonds. The first kappa shape index (κ1) is 16.2. The molecule has 3 rings (SSSR count). The van der Waals surface area contributed by atoms with Gasteiger partial charge >= 0.3 is 0 Å². The first-order valence-corrected chi connectivity index (χ1v) is 7.80. The van der Waals surface area contributed by atoms with E-state index in [9.17, 15) is 8.78 Å². The van der Waals surface area contributed by atoms with Crippen LogP contribution in [0.2, 0.25) is 0 Å². The molecule has 5 heteroatoms. The number of aromatic nitrogens is 2. The highest BCUT2D eigenvalue weighted by molar-refractivity contribution is 5.34. The summed E-state index contributed by atoms with van der Waals surface area (Å²) >= 11 is 0. The van der Waals surface area contributed by atoms with E-state index in [1.54, 1.807) is 24.7 Å². The van der Waals surface area contributed by atoms with Gasteiger partial charge in [0.05, 0.1) is 6.33 Å². The highest BCUT2D eigenvalue weighted by atomic mass is 19.1. The highest BCUT2D eigenvalue weighted by Gasteiger charge is 2.09. The molecular formula is C19H18F2N2O. The van der Waals surface area contributed by atoms with Crippen molar-refractivity contribution in [1.82, 2.24) is 9.55 Å². The van der Waals surface area contributed by atoms with Crippen LogP contribution in [0.4, 0.5) is 8.78 Å². The minimum absolute atomic E-state index is 0.0114. The van der Waals surface area contributed by atoms with Gasteiger partial charge in [-0.2, -0.15) is 0 Å². The number of nitrogens with zero attached hydrogens (tertiary/aromatic N) is 2. The molecule has 1 heterocycles. The predicted molar refractivity (Wildman–Crippen MR) is 88.1 cm³/mol. The van der Waals surface area contributed by atoms with Crippen molar-refractivity contribution in [3.63, 3.8) is 0 Å². The number of hydrogen-bond acceptors (Lipinski definition) is 2. The van der Waals surface area contributed by atoms with Gasteiger partial charge in [0, 0.05) is 25.0 Å². The predicted octanol–water partition coefficient (Wildman–Crippen LogP) is 5.15. The van der Waals surface area contributed by atoms with E-state index in [0.717, 1.165) is 19.0 Å². The average molecular weight is 328 g/mol. The molecule has 24 heavy (non-hydrogen) atoms. The Hall–Kier alpha value is -2.69. The fourth-order valence-corrected chi connectivity index (χ4v) is 2.48. The van der Waals surface area contributed by atoms with Crippen LogP contribution in [0.1, 0.15) is 24.8 Å². The standard InChI is InChI=1S/C19H18F2N2O/c1-14(8-10-23-11-9-22-13-23)15-2-5-17(6-3-15)24-19-7-4-16(20)12-18(19)21/h2-7,9,11-14H,8,10H2,1H3. The van der Waals surface area contributed by atoms with Crippen molar-refractivity contribution >= 4 is 0 Å². The lowest BCUT2D eigenvalue weighted by Crippen LogP contribution is -2.01. The number of rotatable bonds is 6. The molecule has 0 aliphatic rings. The molecule has 1 aromatic heterocycles. The van der Waals surface area contributed by atoms with E-state index < -0.39 is 11.6 Å². The molecule has 124 valence electrons. The van der Waals surface area contributed by atoms with Crippen molar-refractivity contribution < 1.29 is 13.5 Å². The second kappa shape index (κ2) is 7.25. The molecule has 1 atom stereocenters. The fraction of sp³-hybridized carbons (Fsp3) is 0.211. The van der Waals surface area contributed by atoms with Crippen LogP contribution in [0.15, 0.2) is 61.2 Å². The van der Waals surface area contributed by atoms with Gasteiger partial charge < -0.3 is 9.30 Å². The Kier molecular flexibility index (Phi) is 4.89. The molecular weight excluding hydrogens is 310 g/mol. The average Bonchev–Trinajstić information content (AvgIpc) is 3.09. The zero-order chi connectivity index (χ0) is 16.9. The van der Waals surface area contributed by atoms with Crippen LogP contribution in [-0.4, -0.2) is 9.55 Å². The smallest absolute Gasteiger partial charge is 0.168 e. The van der Waals surface area contributed by atoms with E-state index in [1.165, 1.54) is 17.7 Å². The van der Waals surface area contributed by atoms with Crippen molar-refractivity contribution in [3.8, 4) is 11.5 Å². The van der Waals surface area contributed by atoms with Gasteiger partial charge in [0.25, 0.3) is 0 Å². The molecule has 0 aliphatic carbocycles. The Morgan fingerprint density at radius 1 is 1.12 bits per heavy atom. The summed E-state index contributed by atoms with van der Waals surface area (Å²) in [5.74, 6) is -0.429. The molecule has 3 nitrogen and oxygen atoms in total. The monoisotopic (exact) mass is 328 g/mol. The maximum Gasteiger partial charge on any atom is 0.168 e. The number of hydrogen-bond donors (Lipinski definition) is 0. The Balaban J connectivity index is 1.62. The summed E-state index contributed by atoms with van der Waals surface area (Å²) in [4.78, 5) is 4.03. The van der Waals surface area contributed by atoms with Crippen molar-refractivity contribution in [3.05, 3.63) is 78.4 Å². The van der Waals surface area contributed by atoms with Crippen LogP contribution >= 0.6 is 0 Å². The minimum Gasteiger partial charge on any atom is -0.454 e. The van der Waals surface area contributed by atoms with Crippen molar-refractivity contribution in [1.29, 1.82) is 0 Å². The highest BCUT2D eigenvalue weighted by Crippen LogP contribution is 2.27. The summed E-state index contributed by atoms with van der Waals surface area (Å²) in [7, 11) is 0. The third-order valence-electron chi connectivity index (χ3n) is 3.95. The fourth-order valence-electron chi connectivity index (χ4n) is 2.48. The van der Waals surface area contributed by atoms with Gasteiger partial charge in [0.2, 0.25) is 0 Å². The summed E-state index contributed by atoms with van der Waals surface area (Å²) in [6, 6.07) is 10.8. The van der Waals surface area contributed by atoms with Gasteiger partial charge in [-0.25, -0.2) is 13.8 Å². The van der Waals surface area contributed by atoms with Gasteiger partial charge in [0.1, 0.15) is 11.6 Å². The number of ether oxygens (including phenoxy) is 1. The number of benzene rings is 2. The van der Waals surface area contributed by atoms with Crippen molar-refractivity contribution in [2.45, 2.75) is 25.8 Å². The quantitative estimate of drug-likeness (QED) is 0.626. The first-order valence-electron chi connectivity index (χ1n) is 7.80. The SMILES string of the molecule is CC(CCn1ccnc1)c1ccc(Oc2ccc(F)cc2F)cc1. The second-order valence-corrected chi connectivity index (χ2v) is 5.74. The minimum atomic E-state index is -0.715. The summed E-state index contributed by atoms with van der Waals surface area (Å²) in [6.07, 6.45) is 6.51. The largest absolute Gasteiger partial charge is 0.454 e. The number of halogens is 2. The molecule has 0 saturated carbocycles. The molecule has 1 unspecified atom stereocenters. The summed E-state index contributed by atoms with van der Waals surface area (Å²) < 4.78 is 34.0. The molecule has 3 aromatic rings. The molecule has 0 spiro atoms. The third-order valence-corrected chi connectivity index (χ3v) is 3.95. The summed E-state index contributed by atoms with van der Waals surface area (Å²) in [5, 5.41) is 0. The molecule has 0 N–H and O–H groups in total. The number of imidazole rings is 1. The van der Waals surface area contributed by atoms with Gasteiger partial charge in [0.15, 0.2) is 11.6 Å². The van der Waals surface area contributed by atoms with E-state index in [-0.39, 0.29) is 5.75 Å². The van der Waals surface area contributed by atoms with Crippen LogP contribution in [-0.2, 0) is 6.54 Å². The lowest BCUT2D eigenvalue weighted by Gasteiger charge is -2.13. The Morgan fingerprint density at radius 2 is 1.92 bits per heavy atom. The van der Waals surface area contributed by atoms with E-state index >= 15 is 0 Å². The van der Waals surface area contributed by atoms with Crippen molar-refractivity contribution in [2.24, 2.45) is 0 Å². The van der Waals surface area contributed by atoms with Gasteiger partial charge in [-0.05, 0) is 42.2 Å². The van der Waals surface area contributed by atoms with Gasteiger partial charge in [-0.3, -0.25) is 0 Å². The van der Waals surface area contributed by atoms with Crippen LogP contribution in [0.25, 0.3) is 0 Å². The summed E-state index contributed by atoms with van der Waals surface area (Å²) in [5.41, 5.74) is 1.18. The number of aryl methyl sites for hydroxylation is 1. The topological polar surface area (TPSA) is 27.1 Å². The maximum atomic E-state index is 13.6. The third kappa shape index (κ3) is 3.98. The van der Waals surface area contributed by atoms with Gasteiger partial charge in [-0.1, -0.05) is 19.1 Å².